The van der Waals surface area contributed by atoms with Crippen LogP contribution in [-0.2, 0) is 33.2 Å². The number of esters is 1. The van der Waals surface area contributed by atoms with Gasteiger partial charge in [0, 0.05) is 44.8 Å². The Kier molecular flexibility index (Phi) is 19.3. The molecule has 4 rings (SSSR count). The monoisotopic (exact) mass is 925 g/mol. The second-order valence-electron chi connectivity index (χ2n) is 19.9. The Bertz CT molecular complexity index is 1660. The second kappa shape index (κ2) is 22.7. The van der Waals surface area contributed by atoms with Crippen LogP contribution in [0.4, 0.5) is 10.5 Å². The van der Waals surface area contributed by atoms with Crippen LogP contribution in [0.5, 0.6) is 0 Å². The fourth-order valence-electron chi connectivity index (χ4n) is 10.3. The van der Waals surface area contributed by atoms with E-state index in [1.807, 2.05) is 40.7 Å². The van der Waals surface area contributed by atoms with E-state index in [4.69, 9.17) is 28.4 Å². The molecule has 0 radical (unpaired) electrons. The maximum atomic E-state index is 14.5. The Labute approximate surface area is 387 Å². The average molecular weight is 925 g/mol. The van der Waals surface area contributed by atoms with Gasteiger partial charge in [0.2, 0.25) is 0 Å². The summed E-state index contributed by atoms with van der Waals surface area (Å²) >= 11 is 0. The molecule has 17 heteroatoms. The van der Waals surface area contributed by atoms with Gasteiger partial charge in [0.1, 0.15) is 35.1 Å². The zero-order valence-corrected chi connectivity index (χ0v) is 41.5. The molecule has 1 aromatic carbocycles. The molecular formula is C48H84N4O13. The predicted molar refractivity (Wildman–Crippen MR) is 246 cm³/mol. The van der Waals surface area contributed by atoms with E-state index in [2.05, 4.69) is 15.5 Å². The third-order valence-corrected chi connectivity index (χ3v) is 14.7. The van der Waals surface area contributed by atoms with Gasteiger partial charge in [-0.25, -0.2) is 4.79 Å². The molecule has 18 atom stereocenters. The van der Waals surface area contributed by atoms with Crippen LogP contribution in [0.2, 0.25) is 0 Å². The van der Waals surface area contributed by atoms with Gasteiger partial charge in [-0.05, 0) is 105 Å². The lowest BCUT2D eigenvalue weighted by molar-refractivity contribution is -0.339. The summed E-state index contributed by atoms with van der Waals surface area (Å²) in [5.41, 5.74) is -5.61. The van der Waals surface area contributed by atoms with Gasteiger partial charge < -0.3 is 74.4 Å². The lowest BCUT2D eigenvalue weighted by atomic mass is 9.74. The highest BCUT2D eigenvalue weighted by Gasteiger charge is 2.59. The summed E-state index contributed by atoms with van der Waals surface area (Å²) in [6, 6.07) is 7.14. The standard InChI is InChI=1S/C48H84N4O13/c1-15-36-47(12,58)40(54)32(8)49-26-28(4)24-45(10,57)41(65-43-38(53)35(23-29(5)61-43)51(13)44(56)50-34-21-19-18-20-22-34)30(6)39(31(7)42(55)63-36)64-37-25-46(11,60-14)48(59,33(9)62-37)27-52(16-2)17-3/h18-22,28-33,35-41,43,49,53-54,57-59H,15-17,23-27H2,1-14H3,(H,50,56)/t28-,29-,30+,31-,32-,33+,35+,36-,37+,38-,39+,40-,41-,43+,45-,46-,47-,48+/m1/s1. The normalized spacial score (nSPS) is 42.7. The number of benzene rings is 1. The van der Waals surface area contributed by atoms with Crippen molar-refractivity contribution in [1.82, 2.24) is 15.1 Å². The van der Waals surface area contributed by atoms with Crippen LogP contribution in [0.25, 0.3) is 0 Å². The molecule has 374 valence electrons. The molecule has 17 nitrogen and oxygen atoms in total. The maximum absolute atomic E-state index is 14.5. The minimum atomic E-state index is -1.86. The number of hydrogen-bond donors (Lipinski definition) is 7. The Morgan fingerprint density at radius 2 is 1.57 bits per heavy atom. The Balaban J connectivity index is 1.80. The van der Waals surface area contributed by atoms with Gasteiger partial charge in [0.25, 0.3) is 0 Å². The Morgan fingerprint density at radius 3 is 2.15 bits per heavy atom. The fourth-order valence-corrected chi connectivity index (χ4v) is 10.3. The highest BCUT2D eigenvalue weighted by Crippen LogP contribution is 2.44. The summed E-state index contributed by atoms with van der Waals surface area (Å²) in [5.74, 6) is -2.96. The van der Waals surface area contributed by atoms with E-state index in [0.29, 0.717) is 25.3 Å². The van der Waals surface area contributed by atoms with E-state index in [1.165, 1.54) is 18.9 Å². The summed E-state index contributed by atoms with van der Waals surface area (Å²) in [6.45, 7) is 23.3. The first-order valence-corrected chi connectivity index (χ1v) is 23.8. The summed E-state index contributed by atoms with van der Waals surface area (Å²) in [6.07, 6.45) is -9.21. The quantitative estimate of drug-likeness (QED) is 0.148. The molecule has 2 amide bonds. The van der Waals surface area contributed by atoms with E-state index in [9.17, 15) is 35.1 Å². The molecule has 3 aliphatic rings. The van der Waals surface area contributed by atoms with E-state index >= 15 is 0 Å². The molecule has 3 aliphatic heterocycles. The van der Waals surface area contributed by atoms with E-state index in [0.717, 1.165) is 0 Å². The van der Waals surface area contributed by atoms with Crippen molar-refractivity contribution < 1.29 is 63.5 Å². The Hall–Kier alpha value is -2.52. The zero-order valence-electron chi connectivity index (χ0n) is 41.5. The van der Waals surface area contributed by atoms with E-state index in [1.54, 1.807) is 72.9 Å². The number of carbonyl (C=O) groups excluding carboxylic acids is 2. The number of carbonyl (C=O) groups is 2. The molecule has 7 N–H and O–H groups in total. The molecule has 65 heavy (non-hydrogen) atoms. The van der Waals surface area contributed by atoms with Crippen molar-refractivity contribution >= 4 is 17.7 Å². The van der Waals surface area contributed by atoms with Crippen LogP contribution in [-0.4, -0.2) is 177 Å². The third kappa shape index (κ3) is 12.6. The van der Waals surface area contributed by atoms with Gasteiger partial charge in [0.15, 0.2) is 12.6 Å². The van der Waals surface area contributed by atoms with Crippen LogP contribution in [0, 0.1) is 17.8 Å². The second-order valence-corrected chi connectivity index (χ2v) is 19.9. The highest BCUT2D eigenvalue weighted by atomic mass is 16.7. The van der Waals surface area contributed by atoms with Crippen LogP contribution >= 0.6 is 0 Å². The number of methoxy groups -OCH3 is 1. The lowest BCUT2D eigenvalue weighted by Gasteiger charge is -2.54. The minimum absolute atomic E-state index is 0.0542. The molecular weight excluding hydrogens is 841 g/mol. The zero-order chi connectivity index (χ0) is 48.8. The molecule has 0 bridgehead atoms. The van der Waals surface area contributed by atoms with Gasteiger partial charge in [-0.2, -0.15) is 0 Å². The number of nitrogens with zero attached hydrogens (tertiary/aromatic N) is 2. The number of nitrogens with one attached hydrogen (secondary N) is 2. The average Bonchev–Trinajstić information content (AvgIpc) is 3.26. The summed E-state index contributed by atoms with van der Waals surface area (Å²) in [5, 5.41) is 66.6. The number of amides is 2. The first-order valence-electron chi connectivity index (χ1n) is 23.8. The fraction of sp³-hybridized carbons (Fsp3) is 0.833. The number of aliphatic hydroxyl groups is 5. The number of ether oxygens (including phenoxy) is 6. The van der Waals surface area contributed by atoms with E-state index in [-0.39, 0.29) is 38.1 Å². The van der Waals surface area contributed by atoms with Crippen molar-refractivity contribution in [2.24, 2.45) is 17.8 Å². The van der Waals surface area contributed by atoms with Gasteiger partial charge in [0.05, 0.1) is 42.0 Å². The predicted octanol–water partition coefficient (Wildman–Crippen LogP) is 3.87. The number of likely N-dealkylation sites (N-methyl/N-ethyl adjacent to an activating group) is 2. The van der Waals surface area contributed by atoms with Crippen molar-refractivity contribution in [3.05, 3.63) is 30.3 Å². The molecule has 0 saturated carbocycles. The molecule has 3 heterocycles. The SMILES string of the molecule is CC[C@H]1OC(=O)[C@H](C)[C@@H](O[C@H]2C[C@@](C)(OC)[C@](O)(CN(CC)CC)[C@H](C)O2)[C@H](C)[C@@H](O[C@@H]2O[C@H](C)C[C@H](N(C)C(=O)Nc3ccccc3)[C@H]2O)[C@](C)(O)C[C@@H](C)CN[C@H](C)[C@@H](O)[C@]1(C)O. The van der Waals surface area contributed by atoms with Crippen molar-refractivity contribution in [3.8, 4) is 0 Å². The van der Waals surface area contributed by atoms with Gasteiger partial charge in [-0.3, -0.25) is 4.79 Å². The van der Waals surface area contributed by atoms with Gasteiger partial charge in [-0.15, -0.1) is 0 Å². The number of hydrogen-bond acceptors (Lipinski definition) is 15. The molecule has 0 aliphatic carbocycles. The Morgan fingerprint density at radius 1 is 0.938 bits per heavy atom. The van der Waals surface area contributed by atoms with Crippen LogP contribution in [0.3, 0.4) is 0 Å². The molecule has 0 spiro atoms. The first kappa shape index (κ1) is 55.1. The molecule has 3 saturated heterocycles. The number of cyclic esters (lactones) is 1. The van der Waals surface area contributed by atoms with Crippen LogP contribution < -0.4 is 10.6 Å². The molecule has 0 aromatic heterocycles. The number of rotatable bonds is 12. The van der Waals surface area contributed by atoms with Crippen molar-refractivity contribution in [1.29, 1.82) is 0 Å². The molecule has 3 fully saturated rings. The summed E-state index contributed by atoms with van der Waals surface area (Å²) in [4.78, 5) is 31.6. The number of para-hydroxylation sites is 1. The van der Waals surface area contributed by atoms with Gasteiger partial charge >= 0.3 is 12.0 Å². The van der Waals surface area contributed by atoms with Crippen molar-refractivity contribution in [3.63, 3.8) is 0 Å². The number of anilines is 1. The molecule has 0 unspecified atom stereocenters. The number of urea groups is 1. The third-order valence-electron chi connectivity index (χ3n) is 14.7. The number of aliphatic hydroxyl groups excluding tert-OH is 2. The topological polar surface area (TPSA) is 221 Å². The lowest BCUT2D eigenvalue weighted by Crippen LogP contribution is -2.70. The van der Waals surface area contributed by atoms with Crippen molar-refractivity contribution in [2.45, 2.75) is 199 Å². The van der Waals surface area contributed by atoms with Crippen LogP contribution in [0.15, 0.2) is 30.3 Å². The summed E-state index contributed by atoms with van der Waals surface area (Å²) < 4.78 is 38.8. The molecule has 1 aromatic rings. The van der Waals surface area contributed by atoms with E-state index < -0.39 is 114 Å². The smallest absolute Gasteiger partial charge is 0.321 e. The highest BCUT2D eigenvalue weighted by molar-refractivity contribution is 5.89. The minimum Gasteiger partial charge on any atom is -0.459 e. The maximum Gasteiger partial charge on any atom is 0.321 e. The first-order chi connectivity index (χ1) is 30.3. The van der Waals surface area contributed by atoms with Crippen molar-refractivity contribution in [2.75, 3.05) is 45.7 Å². The van der Waals surface area contributed by atoms with Crippen LogP contribution in [0.1, 0.15) is 109 Å². The summed E-state index contributed by atoms with van der Waals surface area (Å²) in [7, 11) is 3.13. The van der Waals surface area contributed by atoms with Gasteiger partial charge in [-0.1, -0.05) is 52.8 Å². The largest absolute Gasteiger partial charge is 0.459 e.